The fourth-order valence-corrected chi connectivity index (χ4v) is 5.62. The molecule has 7 heteroatoms. The molecule has 0 aliphatic carbocycles. The SMILES string of the molecule is COc1ccccc1N1CCN(Cc2nc3sc(C)c(-c4ccc(C)cc4)c3c(=O)[nH]2)CC1. The average molecular weight is 461 g/mol. The van der Waals surface area contributed by atoms with Gasteiger partial charge in [-0.3, -0.25) is 9.69 Å². The lowest BCUT2D eigenvalue weighted by Crippen LogP contribution is -2.46. The van der Waals surface area contributed by atoms with Crippen LogP contribution in [0.1, 0.15) is 16.3 Å². The van der Waals surface area contributed by atoms with Crippen LogP contribution in [-0.2, 0) is 6.54 Å². The Labute approximate surface area is 197 Å². The molecule has 33 heavy (non-hydrogen) atoms. The molecule has 1 aliphatic heterocycles. The first-order valence-corrected chi connectivity index (χ1v) is 12.0. The van der Waals surface area contributed by atoms with Gasteiger partial charge in [0.15, 0.2) is 0 Å². The van der Waals surface area contributed by atoms with Crippen molar-refractivity contribution in [1.29, 1.82) is 0 Å². The molecule has 0 atom stereocenters. The van der Waals surface area contributed by atoms with Crippen molar-refractivity contribution in [2.24, 2.45) is 0 Å². The maximum absolute atomic E-state index is 13.1. The average Bonchev–Trinajstić information content (AvgIpc) is 3.16. The van der Waals surface area contributed by atoms with Crippen molar-refractivity contribution in [3.63, 3.8) is 0 Å². The Hall–Kier alpha value is -3.16. The first-order valence-electron chi connectivity index (χ1n) is 11.2. The third-order valence-corrected chi connectivity index (χ3v) is 7.30. The molecule has 170 valence electrons. The number of H-pyrrole nitrogens is 1. The van der Waals surface area contributed by atoms with Crippen LogP contribution in [0.2, 0.25) is 0 Å². The predicted octanol–water partition coefficient (Wildman–Crippen LogP) is 4.60. The van der Waals surface area contributed by atoms with E-state index in [4.69, 9.17) is 9.72 Å². The van der Waals surface area contributed by atoms with Crippen LogP contribution in [0.15, 0.2) is 53.3 Å². The number of rotatable bonds is 5. The molecule has 2 aromatic carbocycles. The number of anilines is 1. The molecule has 0 amide bonds. The van der Waals surface area contributed by atoms with Crippen LogP contribution in [0.4, 0.5) is 5.69 Å². The van der Waals surface area contributed by atoms with Crippen molar-refractivity contribution in [1.82, 2.24) is 14.9 Å². The molecule has 4 aromatic rings. The number of methoxy groups -OCH3 is 1. The first kappa shape index (κ1) is 21.7. The van der Waals surface area contributed by atoms with Gasteiger partial charge in [0.1, 0.15) is 16.4 Å². The van der Waals surface area contributed by atoms with Gasteiger partial charge in [-0.25, -0.2) is 4.98 Å². The van der Waals surface area contributed by atoms with Crippen LogP contribution < -0.4 is 15.2 Å². The molecule has 0 bridgehead atoms. The summed E-state index contributed by atoms with van der Waals surface area (Å²) in [6.45, 7) is 8.39. The van der Waals surface area contributed by atoms with Gasteiger partial charge < -0.3 is 14.6 Å². The second kappa shape index (κ2) is 9.00. The highest BCUT2D eigenvalue weighted by Gasteiger charge is 2.21. The molecule has 1 fully saturated rings. The number of aromatic amines is 1. The lowest BCUT2D eigenvalue weighted by molar-refractivity contribution is 0.243. The van der Waals surface area contributed by atoms with Gasteiger partial charge in [0.05, 0.1) is 24.7 Å². The van der Waals surface area contributed by atoms with E-state index in [1.54, 1.807) is 18.4 Å². The smallest absolute Gasteiger partial charge is 0.260 e. The van der Waals surface area contributed by atoms with Gasteiger partial charge in [0.25, 0.3) is 5.56 Å². The Morgan fingerprint density at radius 2 is 1.76 bits per heavy atom. The zero-order valence-electron chi connectivity index (χ0n) is 19.2. The van der Waals surface area contributed by atoms with Crippen molar-refractivity contribution in [2.75, 3.05) is 38.2 Å². The van der Waals surface area contributed by atoms with Gasteiger partial charge >= 0.3 is 0 Å². The summed E-state index contributed by atoms with van der Waals surface area (Å²) >= 11 is 1.60. The number of para-hydroxylation sites is 2. The highest BCUT2D eigenvalue weighted by Crippen LogP contribution is 2.35. The minimum absolute atomic E-state index is 0.0532. The minimum atomic E-state index is -0.0532. The fraction of sp³-hybridized carbons (Fsp3) is 0.308. The van der Waals surface area contributed by atoms with Crippen molar-refractivity contribution < 1.29 is 4.74 Å². The van der Waals surface area contributed by atoms with Gasteiger partial charge in [0, 0.05) is 36.6 Å². The summed E-state index contributed by atoms with van der Waals surface area (Å²) < 4.78 is 5.52. The number of hydrogen-bond acceptors (Lipinski definition) is 6. The summed E-state index contributed by atoms with van der Waals surface area (Å²) in [6.07, 6.45) is 0. The number of benzene rings is 2. The van der Waals surface area contributed by atoms with Gasteiger partial charge in [-0.2, -0.15) is 0 Å². The van der Waals surface area contributed by atoms with Crippen molar-refractivity contribution in [3.8, 4) is 16.9 Å². The quantitative estimate of drug-likeness (QED) is 0.472. The van der Waals surface area contributed by atoms with Gasteiger partial charge in [-0.05, 0) is 31.5 Å². The highest BCUT2D eigenvalue weighted by atomic mass is 32.1. The molecule has 5 rings (SSSR count). The third-order valence-electron chi connectivity index (χ3n) is 6.30. The zero-order valence-corrected chi connectivity index (χ0v) is 20.0. The van der Waals surface area contributed by atoms with E-state index in [9.17, 15) is 4.79 Å². The van der Waals surface area contributed by atoms with Crippen LogP contribution >= 0.6 is 11.3 Å². The van der Waals surface area contributed by atoms with E-state index in [0.717, 1.165) is 64.3 Å². The molecule has 1 N–H and O–H groups in total. The van der Waals surface area contributed by atoms with Gasteiger partial charge in [-0.1, -0.05) is 42.0 Å². The predicted molar refractivity (Wildman–Crippen MR) is 136 cm³/mol. The van der Waals surface area contributed by atoms with Crippen LogP contribution in [-0.4, -0.2) is 48.2 Å². The van der Waals surface area contributed by atoms with Crippen molar-refractivity contribution in [2.45, 2.75) is 20.4 Å². The van der Waals surface area contributed by atoms with E-state index in [0.29, 0.717) is 11.9 Å². The summed E-state index contributed by atoms with van der Waals surface area (Å²) in [5.74, 6) is 1.63. The molecular formula is C26H28N4O2S. The van der Waals surface area contributed by atoms with E-state index in [-0.39, 0.29) is 5.56 Å². The van der Waals surface area contributed by atoms with Crippen LogP contribution in [0, 0.1) is 13.8 Å². The highest BCUT2D eigenvalue weighted by molar-refractivity contribution is 7.19. The van der Waals surface area contributed by atoms with Gasteiger partial charge in [-0.15, -0.1) is 11.3 Å². The molecular weight excluding hydrogens is 432 g/mol. The Balaban J connectivity index is 1.34. The maximum Gasteiger partial charge on any atom is 0.260 e. The number of thiophene rings is 1. The Kier molecular flexibility index (Phi) is 5.91. The molecule has 0 radical (unpaired) electrons. The molecule has 2 aromatic heterocycles. The van der Waals surface area contributed by atoms with Gasteiger partial charge in [0.2, 0.25) is 0 Å². The van der Waals surface area contributed by atoms with Crippen LogP contribution in [0.3, 0.4) is 0 Å². The second-order valence-corrected chi connectivity index (χ2v) is 9.73. The normalized spacial score (nSPS) is 14.7. The maximum atomic E-state index is 13.1. The first-order chi connectivity index (χ1) is 16.0. The molecule has 0 saturated carbocycles. The molecule has 0 unspecified atom stereocenters. The number of aromatic nitrogens is 2. The largest absolute Gasteiger partial charge is 0.495 e. The summed E-state index contributed by atoms with van der Waals surface area (Å²) in [6, 6.07) is 16.5. The standard InChI is InChI=1S/C26H28N4O2S/c1-17-8-10-19(11-9-17)23-18(2)33-26-24(23)25(31)27-22(28-26)16-29-12-14-30(15-13-29)20-6-4-5-7-21(20)32-3/h4-11H,12-16H2,1-3H3,(H,27,28,31). The number of aryl methyl sites for hydroxylation is 2. The third kappa shape index (κ3) is 4.26. The number of hydrogen-bond donors (Lipinski definition) is 1. The summed E-state index contributed by atoms with van der Waals surface area (Å²) in [5.41, 5.74) is 4.35. The Morgan fingerprint density at radius 1 is 1.03 bits per heavy atom. The van der Waals surface area contributed by atoms with Crippen molar-refractivity contribution in [3.05, 3.63) is 75.1 Å². The Bertz CT molecular complexity index is 1330. The zero-order chi connectivity index (χ0) is 22.9. The van der Waals surface area contributed by atoms with E-state index in [1.165, 1.54) is 5.56 Å². The van der Waals surface area contributed by atoms with Crippen LogP contribution in [0.5, 0.6) is 5.75 Å². The van der Waals surface area contributed by atoms with Crippen LogP contribution in [0.25, 0.3) is 21.3 Å². The van der Waals surface area contributed by atoms with Crippen molar-refractivity contribution >= 4 is 27.2 Å². The number of nitrogens with one attached hydrogen (secondary N) is 1. The molecule has 6 nitrogen and oxygen atoms in total. The minimum Gasteiger partial charge on any atom is -0.495 e. The van der Waals surface area contributed by atoms with E-state index >= 15 is 0 Å². The Morgan fingerprint density at radius 3 is 2.48 bits per heavy atom. The lowest BCUT2D eigenvalue weighted by atomic mass is 10.0. The summed E-state index contributed by atoms with van der Waals surface area (Å²) in [5, 5.41) is 0.700. The van der Waals surface area contributed by atoms with E-state index in [1.807, 2.05) is 18.2 Å². The number of fused-ring (bicyclic) bond motifs is 1. The summed E-state index contributed by atoms with van der Waals surface area (Å²) in [7, 11) is 1.71. The number of nitrogens with zero attached hydrogens (tertiary/aromatic N) is 3. The molecule has 1 aliphatic rings. The molecule has 1 saturated heterocycles. The summed E-state index contributed by atoms with van der Waals surface area (Å²) in [4.78, 5) is 27.6. The monoisotopic (exact) mass is 460 g/mol. The number of ether oxygens (including phenoxy) is 1. The molecule has 3 heterocycles. The van der Waals surface area contributed by atoms with E-state index < -0.39 is 0 Å². The van der Waals surface area contributed by atoms with E-state index in [2.05, 4.69) is 59.0 Å². The number of piperazine rings is 1. The molecule has 0 spiro atoms. The topological polar surface area (TPSA) is 61.5 Å². The lowest BCUT2D eigenvalue weighted by Gasteiger charge is -2.36. The fourth-order valence-electron chi connectivity index (χ4n) is 4.56. The second-order valence-electron chi connectivity index (χ2n) is 8.53.